The van der Waals surface area contributed by atoms with Crippen molar-refractivity contribution in [2.45, 2.75) is 130 Å². The van der Waals surface area contributed by atoms with E-state index in [1.165, 1.54) is 5.56 Å². The predicted molar refractivity (Wildman–Crippen MR) is 236 cm³/mol. The smallest absolute Gasteiger partial charge is 0.405 e. The van der Waals surface area contributed by atoms with Crippen LogP contribution in [-0.4, -0.2) is 96.5 Å². The van der Waals surface area contributed by atoms with Gasteiger partial charge in [-0.25, -0.2) is 9.59 Å². The lowest BCUT2D eigenvalue weighted by molar-refractivity contribution is -0.241. The summed E-state index contributed by atoms with van der Waals surface area (Å²) in [5.74, 6) is -2.76. The molecular formula is C48H67NO13. The van der Waals surface area contributed by atoms with Crippen LogP contribution in [0.2, 0.25) is 0 Å². The maximum atomic E-state index is 13.4. The molecule has 6 rings (SSSR count). The molecule has 7 atom stereocenters. The summed E-state index contributed by atoms with van der Waals surface area (Å²) in [5, 5.41) is 57.7. The number of amides is 1. The number of carbonyl (C=O) groups excluding carboxylic acids is 2. The number of aliphatic hydroxyl groups excluding tert-OH is 2. The first kappa shape index (κ1) is 56.5. The molecule has 1 heterocycles. The maximum Gasteiger partial charge on any atom is 0.405 e. The third-order valence-electron chi connectivity index (χ3n) is 11.4. The Kier molecular flexibility index (Phi) is 22.6. The number of allylic oxidation sites excluding steroid dienone is 1. The third-order valence-corrected chi connectivity index (χ3v) is 11.4. The highest BCUT2D eigenvalue weighted by atomic mass is 16.6. The van der Waals surface area contributed by atoms with Gasteiger partial charge in [-0.1, -0.05) is 67.4 Å². The number of ketones is 1. The Morgan fingerprint density at radius 2 is 1.42 bits per heavy atom. The molecule has 0 aromatic heterocycles. The number of rotatable bonds is 4. The Hall–Kier alpha value is -5.51. The lowest BCUT2D eigenvalue weighted by Gasteiger charge is -2.61. The van der Waals surface area contributed by atoms with Crippen molar-refractivity contribution in [1.29, 1.82) is 0 Å². The van der Waals surface area contributed by atoms with Crippen LogP contribution in [0.4, 0.5) is 4.79 Å². The van der Waals surface area contributed by atoms with Crippen LogP contribution in [0.15, 0.2) is 65.7 Å². The van der Waals surface area contributed by atoms with E-state index in [0.29, 0.717) is 49.8 Å². The van der Waals surface area contributed by atoms with Gasteiger partial charge in [-0.3, -0.25) is 14.4 Å². The number of hydrogen-bond donors (Lipinski definition) is 7. The van der Waals surface area contributed by atoms with Gasteiger partial charge < -0.3 is 45.8 Å². The molecular weight excluding hydrogens is 799 g/mol. The lowest BCUT2D eigenvalue weighted by Crippen LogP contribution is -2.68. The van der Waals surface area contributed by atoms with Crippen molar-refractivity contribution in [3.63, 3.8) is 0 Å². The third kappa shape index (κ3) is 15.8. The summed E-state index contributed by atoms with van der Waals surface area (Å²) >= 11 is 0. The predicted octanol–water partition coefficient (Wildman–Crippen LogP) is 6.46. The number of carboxylic acids is 3. The van der Waals surface area contributed by atoms with E-state index in [0.717, 1.165) is 18.1 Å². The molecule has 2 bridgehead atoms. The molecule has 1 saturated heterocycles. The Morgan fingerprint density at radius 1 is 0.903 bits per heavy atom. The number of carboxylic acid groups (broad SMARTS) is 3. The number of terminal acetylenes is 2. The molecule has 8 N–H and O–H groups in total. The van der Waals surface area contributed by atoms with E-state index in [1.54, 1.807) is 58.0 Å². The van der Waals surface area contributed by atoms with Crippen molar-refractivity contribution < 1.29 is 64.1 Å². The number of ether oxygens (including phenoxy) is 2. The van der Waals surface area contributed by atoms with Gasteiger partial charge in [0, 0.05) is 31.1 Å². The second-order valence-corrected chi connectivity index (χ2v) is 17.1. The summed E-state index contributed by atoms with van der Waals surface area (Å²) in [6.07, 6.45) is 16.2. The normalized spacial score (nSPS) is 25.9. The zero-order valence-corrected chi connectivity index (χ0v) is 37.5. The Labute approximate surface area is 366 Å². The fourth-order valence-electron chi connectivity index (χ4n) is 8.06. The summed E-state index contributed by atoms with van der Waals surface area (Å²) < 4.78 is 10.2. The Balaban J connectivity index is 0.000000843. The van der Waals surface area contributed by atoms with Crippen molar-refractivity contribution in [2.24, 2.45) is 28.4 Å². The second-order valence-electron chi connectivity index (χ2n) is 17.1. The number of primary amides is 1. The van der Waals surface area contributed by atoms with Gasteiger partial charge in [-0.05, 0) is 96.4 Å². The zero-order valence-electron chi connectivity index (χ0n) is 37.5. The van der Waals surface area contributed by atoms with Crippen molar-refractivity contribution in [3.8, 4) is 25.7 Å². The molecule has 62 heavy (non-hydrogen) atoms. The molecule has 3 aliphatic carbocycles. The number of aryl methyl sites for hydroxylation is 2. The number of fused-ring (bicyclic) bond motifs is 5. The van der Waals surface area contributed by atoms with Gasteiger partial charge in [0.1, 0.15) is 11.7 Å². The van der Waals surface area contributed by atoms with E-state index in [1.807, 2.05) is 52.0 Å². The van der Waals surface area contributed by atoms with Crippen LogP contribution < -0.4 is 5.73 Å². The van der Waals surface area contributed by atoms with E-state index >= 15 is 0 Å². The van der Waals surface area contributed by atoms with Crippen LogP contribution in [0.5, 0.6) is 0 Å². The fraction of sp³-hybridized carbons (Fsp3) is 0.521. The van der Waals surface area contributed by atoms with E-state index in [4.69, 9.17) is 30.6 Å². The number of aromatic carboxylic acids is 1. The molecule has 1 amide bonds. The monoisotopic (exact) mass is 865 g/mol. The molecule has 2 aromatic rings. The highest BCUT2D eigenvalue weighted by Crippen LogP contribution is 2.60. The first-order valence-electron chi connectivity index (χ1n) is 20.0. The molecule has 2 saturated carbocycles. The van der Waals surface area contributed by atoms with E-state index in [2.05, 4.69) is 30.4 Å². The van der Waals surface area contributed by atoms with Gasteiger partial charge in [-0.2, -0.15) is 0 Å². The van der Waals surface area contributed by atoms with Gasteiger partial charge in [0.25, 0.3) is 5.97 Å². The summed E-state index contributed by atoms with van der Waals surface area (Å²) in [6.45, 7) is 16.6. The molecule has 2 aromatic carbocycles. The van der Waals surface area contributed by atoms with Crippen LogP contribution >= 0.6 is 0 Å². The average Bonchev–Trinajstić information content (AvgIpc) is 3.17. The van der Waals surface area contributed by atoms with Gasteiger partial charge in [0.05, 0.1) is 35.4 Å². The minimum absolute atomic E-state index is 0.0375. The molecule has 1 unspecified atom stereocenters. The minimum Gasteiger partial charge on any atom is -0.481 e. The van der Waals surface area contributed by atoms with E-state index in [9.17, 15) is 34.5 Å². The molecule has 0 radical (unpaired) electrons. The summed E-state index contributed by atoms with van der Waals surface area (Å²) in [5.41, 5.74) is 5.83. The Morgan fingerprint density at radius 3 is 1.81 bits per heavy atom. The molecule has 1 aliphatic heterocycles. The fourth-order valence-corrected chi connectivity index (χ4v) is 8.06. The van der Waals surface area contributed by atoms with Gasteiger partial charge >= 0.3 is 18.0 Å². The summed E-state index contributed by atoms with van der Waals surface area (Å²) in [4.78, 5) is 52.9. The van der Waals surface area contributed by atoms with Crippen molar-refractivity contribution >= 4 is 29.8 Å². The van der Waals surface area contributed by atoms with Gasteiger partial charge in [0.15, 0.2) is 5.78 Å². The molecule has 3 fully saturated rings. The van der Waals surface area contributed by atoms with E-state index in [-0.39, 0.29) is 30.1 Å². The molecule has 4 aliphatic rings. The van der Waals surface area contributed by atoms with Crippen molar-refractivity contribution in [1.82, 2.24) is 0 Å². The van der Waals surface area contributed by atoms with Gasteiger partial charge in [0.2, 0.25) is 0 Å². The maximum absolute atomic E-state index is 13.4. The highest BCUT2D eigenvalue weighted by molar-refractivity contribution is 5.93. The number of Topliss-reactive ketones (excluding diaryl/α,β-unsaturated/α-hetero) is 1. The topological polar surface area (TPSA) is 251 Å². The van der Waals surface area contributed by atoms with Crippen LogP contribution in [0.1, 0.15) is 109 Å². The molecule has 0 spiro atoms. The number of carbonyl (C=O) groups is 5. The largest absolute Gasteiger partial charge is 0.481 e. The number of aliphatic carboxylic acids is 2. The highest BCUT2D eigenvalue weighted by Gasteiger charge is 2.66. The summed E-state index contributed by atoms with van der Waals surface area (Å²) in [7, 11) is 0. The second kappa shape index (κ2) is 24.8. The number of benzene rings is 2. The van der Waals surface area contributed by atoms with Crippen molar-refractivity contribution in [3.05, 3.63) is 82.4 Å². The van der Waals surface area contributed by atoms with Crippen LogP contribution in [0.3, 0.4) is 0 Å². The standard InChI is InChI=1S/C20H30O5.C10H12O2.C7H6O2.C5H11NO2.C2H4O2.2C2H2/c1-10-5-6-20(24)8-12-11-9-25-13(11)7-14(21)19(12,4)17(23)16(22)15(10)18(20,2)3;1-8-2-4-9(5-3-8)6-7-10(11)12;8-7(9)6-4-2-1-3-5-6;1-5(2,3)8-4(6)7;1-2(3)4;2*1-2/h11-14,16,21-22,24H,5-9H2,1-4H3;2-5H,6-7H2,1H3,(H,11,12);1-5H,(H,8,9);1-3H3,(H2,6,7);1H3,(H,3,4);2*1-2H/t11-,12?,13+,14-,16+,19-,20+;;;;;;/m0....../s1. The zero-order chi connectivity index (χ0) is 48.4. The lowest BCUT2D eigenvalue weighted by atomic mass is 9.47. The van der Waals surface area contributed by atoms with Crippen LogP contribution in [0, 0.1) is 55.3 Å². The quantitative estimate of drug-likeness (QED) is 0.129. The number of aliphatic hydroxyl groups is 3. The number of hydrogen-bond acceptors (Lipinski definition) is 10. The number of nitrogens with two attached hydrogens (primary N) is 1. The molecule has 14 nitrogen and oxygen atoms in total. The SMILES string of the molecule is C#C.C#C.CC(=O)O.CC(C)(C)OC(N)=O.CC1=C2[C@@H](O)C(=O)[C@@]3(C)C(C[C@](O)(CC1)C2(C)C)[C@@H]1CO[C@@H]1C[C@@H]3O.Cc1ccc(CCC(=O)O)cc1.O=C(O)c1ccccc1. The van der Waals surface area contributed by atoms with Crippen LogP contribution in [0.25, 0.3) is 0 Å². The average molecular weight is 866 g/mol. The Bertz CT molecular complexity index is 1850. The first-order valence-corrected chi connectivity index (χ1v) is 20.0. The first-order chi connectivity index (χ1) is 28.7. The van der Waals surface area contributed by atoms with E-state index < -0.39 is 58.2 Å². The summed E-state index contributed by atoms with van der Waals surface area (Å²) in [6, 6.07) is 16.2. The molecule has 14 heteroatoms. The van der Waals surface area contributed by atoms with Gasteiger partial charge in [-0.15, -0.1) is 25.7 Å². The van der Waals surface area contributed by atoms with Crippen LogP contribution in [-0.2, 0) is 30.3 Å². The minimum atomic E-state index is -1.26. The van der Waals surface area contributed by atoms with Crippen molar-refractivity contribution in [2.75, 3.05) is 6.61 Å². The molecule has 342 valence electrons.